The van der Waals surface area contributed by atoms with Crippen molar-refractivity contribution < 1.29 is 9.59 Å². The van der Waals surface area contributed by atoms with Gasteiger partial charge in [-0.2, -0.15) is 0 Å². The number of nitrogens with one attached hydrogen (secondary N) is 2. The monoisotopic (exact) mass is 624 g/mol. The lowest BCUT2D eigenvalue weighted by Gasteiger charge is -2.32. The third-order valence-electron chi connectivity index (χ3n) is 5.59. The maximum absolute atomic E-state index is 12.8. The molecule has 2 saturated carbocycles. The summed E-state index contributed by atoms with van der Waals surface area (Å²) < 4.78 is 1.21. The van der Waals surface area contributed by atoms with Crippen molar-refractivity contribution in [2.45, 2.75) is 78.1 Å². The van der Waals surface area contributed by atoms with Crippen LogP contribution in [0.4, 0.5) is 0 Å². The summed E-state index contributed by atoms with van der Waals surface area (Å²) in [5, 5.41) is 6.32. The molecular formula is C20H27BI2N2O2S. The fraction of sp³-hybridized carbons (Fsp3) is 0.700. The number of aryl methyl sites for hydroxylation is 1. The van der Waals surface area contributed by atoms with Crippen molar-refractivity contribution in [3.05, 3.63) is 21.4 Å². The molecule has 5 atom stereocenters. The molecule has 0 aliphatic heterocycles. The van der Waals surface area contributed by atoms with Crippen LogP contribution >= 0.6 is 56.5 Å². The molecule has 152 valence electrons. The Morgan fingerprint density at radius 2 is 1.61 bits per heavy atom. The Bertz CT molecular complexity index is 709. The molecule has 2 aliphatic carbocycles. The van der Waals surface area contributed by atoms with Crippen molar-refractivity contribution in [2.24, 2.45) is 5.92 Å². The van der Waals surface area contributed by atoms with Crippen molar-refractivity contribution >= 4 is 76.2 Å². The van der Waals surface area contributed by atoms with Gasteiger partial charge < -0.3 is 10.6 Å². The van der Waals surface area contributed by atoms with E-state index < -0.39 is 0 Å². The lowest BCUT2D eigenvalue weighted by Crippen LogP contribution is -2.41. The molecular weight excluding hydrogens is 597 g/mol. The fourth-order valence-electron chi connectivity index (χ4n) is 4.40. The highest BCUT2D eigenvalue weighted by Crippen LogP contribution is 2.32. The Morgan fingerprint density at radius 3 is 2.25 bits per heavy atom. The minimum Gasteiger partial charge on any atom is -0.349 e. The molecule has 2 aliphatic rings. The van der Waals surface area contributed by atoms with Gasteiger partial charge in [-0.25, -0.2) is 0 Å². The number of halogens is 2. The van der Waals surface area contributed by atoms with Gasteiger partial charge in [0.15, 0.2) is 0 Å². The van der Waals surface area contributed by atoms with Crippen molar-refractivity contribution in [1.82, 2.24) is 10.6 Å². The van der Waals surface area contributed by atoms with Crippen LogP contribution in [0.25, 0.3) is 0 Å². The Balaban J connectivity index is 1.62. The second-order valence-corrected chi connectivity index (χ2v) is 13.0. The maximum atomic E-state index is 12.8. The zero-order valence-corrected chi connectivity index (χ0v) is 21.5. The van der Waals surface area contributed by atoms with E-state index in [4.69, 9.17) is 7.85 Å². The van der Waals surface area contributed by atoms with Crippen LogP contribution in [-0.4, -0.2) is 39.6 Å². The van der Waals surface area contributed by atoms with Gasteiger partial charge in [0.2, 0.25) is 0 Å². The van der Waals surface area contributed by atoms with E-state index in [0.717, 1.165) is 37.7 Å². The standard InChI is InChI=1S/C20H27BI2N2O2S/c1-10-3-12(21)6-15(4-10)25-20(27)18-11(2)5-17(28-18)19(26)24-16-8-13(22)7-14(23)9-16/h5,10,12-16H,3-4,6-9H2,1-2H3,(H,24,26)(H,25,27). The summed E-state index contributed by atoms with van der Waals surface area (Å²) in [7, 11) is 6.11. The van der Waals surface area contributed by atoms with Crippen LogP contribution in [0.15, 0.2) is 6.07 Å². The van der Waals surface area contributed by atoms with E-state index in [9.17, 15) is 9.59 Å². The van der Waals surface area contributed by atoms with Gasteiger partial charge in [0.05, 0.1) is 17.6 Å². The number of amides is 2. The Kier molecular flexibility index (Phi) is 8.14. The third-order valence-corrected chi connectivity index (χ3v) is 8.86. The zero-order valence-electron chi connectivity index (χ0n) is 16.3. The molecule has 5 unspecified atom stereocenters. The molecule has 0 spiro atoms. The van der Waals surface area contributed by atoms with Gasteiger partial charge in [-0.1, -0.05) is 64.3 Å². The van der Waals surface area contributed by atoms with Crippen LogP contribution in [-0.2, 0) is 0 Å². The molecule has 0 saturated heterocycles. The average Bonchev–Trinajstić information content (AvgIpc) is 2.95. The first-order valence-electron chi connectivity index (χ1n) is 9.97. The highest BCUT2D eigenvalue weighted by molar-refractivity contribution is 14.1. The number of thiophene rings is 1. The van der Waals surface area contributed by atoms with E-state index in [1.807, 2.05) is 13.0 Å². The van der Waals surface area contributed by atoms with Crippen molar-refractivity contribution in [1.29, 1.82) is 0 Å². The predicted octanol–water partition coefficient (Wildman–Crippen LogP) is 4.82. The van der Waals surface area contributed by atoms with Gasteiger partial charge in [-0.05, 0) is 56.6 Å². The SMILES string of the molecule is [B]C1CC(C)CC(NC(=O)c2sc(C(=O)NC3CC(I)CC(I)C3)cc2C)C1. The zero-order chi connectivity index (χ0) is 20.4. The number of hydrogen-bond donors (Lipinski definition) is 2. The topological polar surface area (TPSA) is 58.2 Å². The molecule has 2 amide bonds. The van der Waals surface area contributed by atoms with E-state index in [1.54, 1.807) is 0 Å². The second-order valence-electron chi connectivity index (χ2n) is 8.44. The molecule has 1 aromatic heterocycles. The largest absolute Gasteiger partial charge is 0.349 e. The summed E-state index contributed by atoms with van der Waals surface area (Å²) in [4.78, 5) is 26.8. The van der Waals surface area contributed by atoms with Crippen LogP contribution in [0.2, 0.25) is 5.82 Å². The first kappa shape index (κ1) is 22.8. The molecule has 3 rings (SSSR count). The summed E-state index contributed by atoms with van der Waals surface area (Å²) in [5.74, 6) is 0.544. The molecule has 2 fully saturated rings. The van der Waals surface area contributed by atoms with Crippen LogP contribution < -0.4 is 10.6 Å². The van der Waals surface area contributed by atoms with Gasteiger partial charge in [-0.3, -0.25) is 9.59 Å². The second kappa shape index (κ2) is 9.98. The molecule has 2 radical (unpaired) electrons. The Labute approximate surface area is 200 Å². The van der Waals surface area contributed by atoms with Crippen LogP contribution in [0.3, 0.4) is 0 Å². The Hall–Kier alpha value is 0.165. The first-order valence-corrected chi connectivity index (χ1v) is 13.3. The first-order chi connectivity index (χ1) is 13.2. The van der Waals surface area contributed by atoms with Crippen LogP contribution in [0.1, 0.15) is 70.4 Å². The van der Waals surface area contributed by atoms with Crippen molar-refractivity contribution in [3.63, 3.8) is 0 Å². The molecule has 2 N–H and O–H groups in total. The van der Waals surface area contributed by atoms with Gasteiger partial charge >= 0.3 is 0 Å². The fourth-order valence-corrected chi connectivity index (χ4v) is 8.81. The van der Waals surface area contributed by atoms with Gasteiger partial charge in [0.25, 0.3) is 11.8 Å². The smallest absolute Gasteiger partial charge is 0.261 e. The molecule has 0 bridgehead atoms. The quantitative estimate of drug-likeness (QED) is 0.287. The van der Waals surface area contributed by atoms with Gasteiger partial charge in [0.1, 0.15) is 0 Å². The summed E-state index contributed by atoms with van der Waals surface area (Å²) in [5.41, 5.74) is 0.864. The van der Waals surface area contributed by atoms with E-state index in [-0.39, 0.29) is 29.7 Å². The molecule has 0 aromatic carbocycles. The molecule has 1 heterocycles. The van der Waals surface area contributed by atoms with Gasteiger partial charge in [-0.15, -0.1) is 11.3 Å². The number of alkyl halides is 2. The maximum Gasteiger partial charge on any atom is 0.261 e. The minimum absolute atomic E-state index is 0.0560. The predicted molar refractivity (Wildman–Crippen MR) is 134 cm³/mol. The van der Waals surface area contributed by atoms with E-state index in [2.05, 4.69) is 62.7 Å². The lowest BCUT2D eigenvalue weighted by atomic mass is 9.70. The molecule has 4 nitrogen and oxygen atoms in total. The summed E-state index contributed by atoms with van der Waals surface area (Å²) in [6.07, 6.45) is 6.05. The summed E-state index contributed by atoms with van der Waals surface area (Å²) in [6, 6.07) is 2.18. The highest BCUT2D eigenvalue weighted by Gasteiger charge is 2.29. The van der Waals surface area contributed by atoms with E-state index in [0.29, 0.717) is 23.5 Å². The van der Waals surface area contributed by atoms with Crippen LogP contribution in [0.5, 0.6) is 0 Å². The molecule has 1 aromatic rings. The minimum atomic E-state index is -0.0785. The lowest BCUT2D eigenvalue weighted by molar-refractivity contribution is 0.0921. The summed E-state index contributed by atoms with van der Waals surface area (Å²) in [6.45, 7) is 4.09. The Morgan fingerprint density at radius 1 is 1.00 bits per heavy atom. The normalized spacial score (nSPS) is 33.3. The van der Waals surface area contributed by atoms with E-state index >= 15 is 0 Å². The van der Waals surface area contributed by atoms with Crippen LogP contribution in [0, 0.1) is 12.8 Å². The van der Waals surface area contributed by atoms with Gasteiger partial charge in [0, 0.05) is 19.9 Å². The van der Waals surface area contributed by atoms with Crippen molar-refractivity contribution in [2.75, 3.05) is 0 Å². The van der Waals surface area contributed by atoms with Crippen molar-refractivity contribution in [3.8, 4) is 0 Å². The number of rotatable bonds is 4. The molecule has 8 heteroatoms. The third kappa shape index (κ3) is 6.09. The number of carbonyl (C=O) groups excluding carboxylic acids is 2. The average molecular weight is 624 g/mol. The molecule has 28 heavy (non-hydrogen) atoms. The number of hydrogen-bond acceptors (Lipinski definition) is 3. The highest BCUT2D eigenvalue weighted by atomic mass is 127. The summed E-state index contributed by atoms with van der Waals surface area (Å²) >= 11 is 6.26. The number of carbonyl (C=O) groups is 2. The van der Waals surface area contributed by atoms with E-state index in [1.165, 1.54) is 17.8 Å².